The smallest absolute Gasteiger partial charge is 0.210 e. The van der Waals surface area contributed by atoms with Gasteiger partial charge in [0.2, 0.25) is 5.95 Å². The third-order valence-corrected chi connectivity index (χ3v) is 5.72. The van der Waals surface area contributed by atoms with E-state index in [0.717, 1.165) is 58.2 Å². The number of hydrogen-bond donors (Lipinski definition) is 2. The summed E-state index contributed by atoms with van der Waals surface area (Å²) in [7, 11) is 1.67. The van der Waals surface area contributed by atoms with Gasteiger partial charge >= 0.3 is 0 Å². The third kappa shape index (κ3) is 4.34. The van der Waals surface area contributed by atoms with Crippen LogP contribution in [-0.4, -0.2) is 38.2 Å². The van der Waals surface area contributed by atoms with E-state index in [2.05, 4.69) is 68.3 Å². The molecule has 8 heteroatoms. The van der Waals surface area contributed by atoms with E-state index in [1.54, 1.807) is 19.6 Å². The lowest BCUT2D eigenvalue weighted by molar-refractivity contribution is 0.414. The zero-order valence-corrected chi connectivity index (χ0v) is 19.5. The maximum Gasteiger partial charge on any atom is 0.210 e. The van der Waals surface area contributed by atoms with Crippen LogP contribution in [-0.2, 0) is 6.42 Å². The Morgan fingerprint density at radius 1 is 1.00 bits per heavy atom. The highest BCUT2D eigenvalue weighted by molar-refractivity contribution is 5.87. The maximum absolute atomic E-state index is 5.24. The lowest BCUT2D eigenvalue weighted by Crippen LogP contribution is -2.08. The van der Waals surface area contributed by atoms with Crippen molar-refractivity contribution in [3.63, 3.8) is 0 Å². The van der Waals surface area contributed by atoms with Crippen LogP contribution in [0, 0.1) is 0 Å². The van der Waals surface area contributed by atoms with E-state index in [1.807, 2.05) is 30.3 Å². The normalized spacial score (nSPS) is 11.3. The molecule has 0 bridgehead atoms. The summed E-state index contributed by atoms with van der Waals surface area (Å²) < 4.78 is 7.33. The molecule has 0 amide bonds. The van der Waals surface area contributed by atoms with Crippen molar-refractivity contribution < 1.29 is 4.74 Å². The molecule has 0 aliphatic heterocycles. The Kier molecular flexibility index (Phi) is 5.95. The molecule has 0 atom stereocenters. The fourth-order valence-electron chi connectivity index (χ4n) is 4.02. The molecule has 3 aromatic heterocycles. The molecule has 0 aliphatic carbocycles. The van der Waals surface area contributed by atoms with Crippen molar-refractivity contribution in [1.29, 1.82) is 0 Å². The quantitative estimate of drug-likeness (QED) is 0.327. The van der Waals surface area contributed by atoms with Crippen molar-refractivity contribution >= 4 is 39.5 Å². The van der Waals surface area contributed by atoms with E-state index in [-0.39, 0.29) is 6.04 Å². The van der Waals surface area contributed by atoms with E-state index in [1.165, 1.54) is 5.56 Å². The first kappa shape index (κ1) is 21.6. The van der Waals surface area contributed by atoms with Crippen LogP contribution in [0.4, 0.5) is 17.5 Å². The summed E-state index contributed by atoms with van der Waals surface area (Å²) in [4.78, 5) is 18.3. The number of anilines is 3. The molecule has 5 aromatic rings. The topological polar surface area (TPSA) is 89.8 Å². The second kappa shape index (κ2) is 9.35. The minimum atomic E-state index is 0.164. The van der Waals surface area contributed by atoms with Crippen molar-refractivity contribution in [2.24, 2.45) is 0 Å². The van der Waals surface area contributed by atoms with Crippen molar-refractivity contribution in [2.45, 2.75) is 26.3 Å². The van der Waals surface area contributed by atoms with Gasteiger partial charge in [0.1, 0.15) is 12.1 Å². The van der Waals surface area contributed by atoms with Crippen LogP contribution in [0.5, 0.6) is 5.75 Å². The molecule has 34 heavy (non-hydrogen) atoms. The monoisotopic (exact) mass is 453 g/mol. The number of methoxy groups -OCH3 is 1. The molecule has 0 unspecified atom stereocenters. The van der Waals surface area contributed by atoms with Crippen LogP contribution in [0.2, 0.25) is 0 Å². The highest BCUT2D eigenvalue weighted by atomic mass is 16.5. The number of nitrogens with one attached hydrogen (secondary N) is 2. The SMILES string of the molecule is COc1ccc(CCNc2ncnc3c2nc(Nc2ccc4ncccc4c2)n3C(C)C)cc1. The summed E-state index contributed by atoms with van der Waals surface area (Å²) in [5.41, 5.74) is 4.66. The number of rotatable bonds is 8. The molecular formula is C26H27N7O. The van der Waals surface area contributed by atoms with E-state index in [9.17, 15) is 0 Å². The van der Waals surface area contributed by atoms with E-state index in [0.29, 0.717) is 0 Å². The summed E-state index contributed by atoms with van der Waals surface area (Å²) in [5.74, 6) is 2.31. The number of benzene rings is 2. The maximum atomic E-state index is 5.24. The van der Waals surface area contributed by atoms with Gasteiger partial charge in [0.25, 0.3) is 0 Å². The number of imidazole rings is 1. The highest BCUT2D eigenvalue weighted by Crippen LogP contribution is 2.29. The Labute approximate surface area is 198 Å². The molecule has 5 rings (SSSR count). The molecule has 172 valence electrons. The molecule has 0 saturated carbocycles. The van der Waals surface area contributed by atoms with Gasteiger partial charge in [-0.3, -0.25) is 9.55 Å². The average molecular weight is 454 g/mol. The molecule has 3 heterocycles. The molecule has 2 N–H and O–H groups in total. The Balaban J connectivity index is 1.41. The van der Waals surface area contributed by atoms with E-state index >= 15 is 0 Å². The molecule has 8 nitrogen and oxygen atoms in total. The largest absolute Gasteiger partial charge is 0.497 e. The van der Waals surface area contributed by atoms with Crippen LogP contribution in [0.25, 0.3) is 22.1 Å². The second-order valence-electron chi connectivity index (χ2n) is 8.35. The molecule has 0 aliphatic rings. The van der Waals surface area contributed by atoms with Gasteiger partial charge in [0.15, 0.2) is 17.0 Å². The van der Waals surface area contributed by atoms with Crippen LogP contribution in [0.3, 0.4) is 0 Å². The molecule has 0 fully saturated rings. The first-order valence-corrected chi connectivity index (χ1v) is 11.3. The Bertz CT molecular complexity index is 1430. The van der Waals surface area contributed by atoms with Crippen molar-refractivity contribution in [2.75, 3.05) is 24.3 Å². The number of pyridine rings is 1. The summed E-state index contributed by atoms with van der Waals surface area (Å²) in [6.07, 6.45) is 4.25. The van der Waals surface area contributed by atoms with Crippen molar-refractivity contribution in [1.82, 2.24) is 24.5 Å². The zero-order valence-electron chi connectivity index (χ0n) is 19.5. The number of hydrogen-bond acceptors (Lipinski definition) is 7. The number of fused-ring (bicyclic) bond motifs is 2. The molecule has 2 aromatic carbocycles. The van der Waals surface area contributed by atoms with Crippen LogP contribution in [0.1, 0.15) is 25.5 Å². The number of ether oxygens (including phenoxy) is 1. The summed E-state index contributed by atoms with van der Waals surface area (Å²) >= 11 is 0. The van der Waals surface area contributed by atoms with E-state index in [4.69, 9.17) is 9.72 Å². The molecular weight excluding hydrogens is 426 g/mol. The first-order valence-electron chi connectivity index (χ1n) is 11.3. The standard InChI is InChI=1S/C26H27N7O/c1-17(2)33-25-23(32-26(33)31-20-8-11-22-19(15-20)5-4-13-27-22)24(29-16-30-25)28-14-12-18-6-9-21(34-3)10-7-18/h4-11,13,15-17H,12,14H2,1-3H3,(H,31,32)(H,28,29,30). The van der Waals surface area contributed by atoms with Gasteiger partial charge in [-0.1, -0.05) is 18.2 Å². The van der Waals surface area contributed by atoms with Gasteiger partial charge in [-0.15, -0.1) is 0 Å². The summed E-state index contributed by atoms with van der Waals surface area (Å²) in [6.45, 7) is 4.97. The molecule has 0 radical (unpaired) electrons. The van der Waals surface area contributed by atoms with Gasteiger partial charge in [-0.05, 0) is 62.2 Å². The van der Waals surface area contributed by atoms with Gasteiger partial charge in [0, 0.05) is 29.9 Å². The third-order valence-electron chi connectivity index (χ3n) is 5.72. The fourth-order valence-corrected chi connectivity index (χ4v) is 4.02. The van der Waals surface area contributed by atoms with Gasteiger partial charge < -0.3 is 15.4 Å². The van der Waals surface area contributed by atoms with Gasteiger partial charge in [0.05, 0.1) is 12.6 Å². The fraction of sp³-hybridized carbons (Fsp3) is 0.231. The minimum absolute atomic E-state index is 0.164. The predicted molar refractivity (Wildman–Crippen MR) is 136 cm³/mol. The molecule has 0 spiro atoms. The highest BCUT2D eigenvalue weighted by Gasteiger charge is 2.18. The number of nitrogens with zero attached hydrogens (tertiary/aromatic N) is 5. The second-order valence-corrected chi connectivity index (χ2v) is 8.35. The van der Waals surface area contributed by atoms with Gasteiger partial charge in [-0.2, -0.15) is 0 Å². The first-order chi connectivity index (χ1) is 16.6. The predicted octanol–water partition coefficient (Wildman–Crippen LogP) is 5.36. The number of aromatic nitrogens is 5. The summed E-state index contributed by atoms with van der Waals surface area (Å²) in [6, 6.07) is 18.3. The van der Waals surface area contributed by atoms with Crippen molar-refractivity contribution in [3.8, 4) is 5.75 Å². The van der Waals surface area contributed by atoms with Crippen LogP contribution < -0.4 is 15.4 Å². The average Bonchev–Trinajstić information content (AvgIpc) is 3.23. The van der Waals surface area contributed by atoms with Crippen LogP contribution in [0.15, 0.2) is 67.1 Å². The van der Waals surface area contributed by atoms with E-state index < -0.39 is 0 Å². The Morgan fingerprint density at radius 3 is 2.65 bits per heavy atom. The summed E-state index contributed by atoms with van der Waals surface area (Å²) in [5, 5.41) is 7.98. The molecule has 0 saturated heterocycles. The van der Waals surface area contributed by atoms with Crippen molar-refractivity contribution in [3.05, 3.63) is 72.7 Å². The van der Waals surface area contributed by atoms with Gasteiger partial charge in [-0.25, -0.2) is 15.0 Å². The Hall–Kier alpha value is -4.20. The minimum Gasteiger partial charge on any atom is -0.497 e. The lowest BCUT2D eigenvalue weighted by Gasteiger charge is -2.13. The lowest BCUT2D eigenvalue weighted by atomic mass is 10.1. The van der Waals surface area contributed by atoms with Crippen LogP contribution >= 0.6 is 0 Å². The zero-order chi connectivity index (χ0) is 23.5. The Morgan fingerprint density at radius 2 is 1.85 bits per heavy atom.